The van der Waals surface area contributed by atoms with Crippen LogP contribution in [-0.4, -0.2) is 43.7 Å². The highest BCUT2D eigenvalue weighted by molar-refractivity contribution is 5.77. The van der Waals surface area contributed by atoms with E-state index in [2.05, 4.69) is 6.92 Å². The molecule has 0 aromatic rings. The first-order valence-electron chi connectivity index (χ1n) is 6.21. The van der Waals surface area contributed by atoms with Crippen molar-refractivity contribution in [2.24, 2.45) is 11.7 Å². The highest BCUT2D eigenvalue weighted by Gasteiger charge is 2.26. The molecule has 1 amide bonds. The molecule has 1 aliphatic heterocycles. The summed E-state index contributed by atoms with van der Waals surface area (Å²) in [5.74, 6) is 0.892. The number of likely N-dealkylation sites (tertiary alicyclic amines) is 1. The van der Waals surface area contributed by atoms with Crippen molar-refractivity contribution < 1.29 is 9.53 Å². The Labute approximate surface area is 98.1 Å². The van der Waals surface area contributed by atoms with Crippen molar-refractivity contribution in [2.45, 2.75) is 38.7 Å². The molecule has 0 saturated carbocycles. The molecule has 0 radical (unpaired) electrons. The van der Waals surface area contributed by atoms with Crippen molar-refractivity contribution in [1.29, 1.82) is 0 Å². The standard InChI is InChI=1S/C12H24N2O2/c1-3-4-10-5-6-14(9-10)12(15)7-11(8-13)16-2/h10-11H,3-9,13H2,1-2H3. The van der Waals surface area contributed by atoms with E-state index in [0.717, 1.165) is 19.5 Å². The number of rotatable bonds is 6. The normalized spacial score (nSPS) is 22.4. The molecule has 16 heavy (non-hydrogen) atoms. The SMILES string of the molecule is CCCC1CCN(C(=O)CC(CN)OC)C1. The summed E-state index contributed by atoms with van der Waals surface area (Å²) in [6.45, 7) is 4.44. The summed E-state index contributed by atoms with van der Waals surface area (Å²) >= 11 is 0. The Morgan fingerprint density at radius 1 is 1.62 bits per heavy atom. The molecule has 2 unspecified atom stereocenters. The summed E-state index contributed by atoms with van der Waals surface area (Å²) in [6.07, 6.45) is 3.88. The van der Waals surface area contributed by atoms with Gasteiger partial charge in [-0.15, -0.1) is 0 Å². The zero-order valence-corrected chi connectivity index (χ0v) is 10.4. The average molecular weight is 228 g/mol. The van der Waals surface area contributed by atoms with E-state index in [1.165, 1.54) is 12.8 Å². The van der Waals surface area contributed by atoms with Crippen LogP contribution in [0.3, 0.4) is 0 Å². The molecule has 1 aliphatic rings. The van der Waals surface area contributed by atoms with Gasteiger partial charge in [0, 0.05) is 26.7 Å². The van der Waals surface area contributed by atoms with Crippen LogP contribution in [0.15, 0.2) is 0 Å². The van der Waals surface area contributed by atoms with Gasteiger partial charge >= 0.3 is 0 Å². The predicted octanol–water partition coefficient (Wildman–Crippen LogP) is 0.999. The first-order chi connectivity index (χ1) is 7.71. The Morgan fingerprint density at radius 3 is 2.94 bits per heavy atom. The fraction of sp³-hybridized carbons (Fsp3) is 0.917. The maximum atomic E-state index is 11.9. The van der Waals surface area contributed by atoms with Crippen LogP contribution < -0.4 is 5.73 Å². The van der Waals surface area contributed by atoms with Crippen LogP contribution in [0.1, 0.15) is 32.6 Å². The van der Waals surface area contributed by atoms with Crippen molar-refractivity contribution in [3.05, 3.63) is 0 Å². The third-order valence-electron chi connectivity index (χ3n) is 3.33. The second kappa shape index (κ2) is 6.86. The monoisotopic (exact) mass is 228 g/mol. The predicted molar refractivity (Wildman–Crippen MR) is 64.1 cm³/mol. The van der Waals surface area contributed by atoms with Crippen molar-refractivity contribution in [3.8, 4) is 0 Å². The van der Waals surface area contributed by atoms with Gasteiger partial charge in [-0.1, -0.05) is 13.3 Å². The number of carbonyl (C=O) groups excluding carboxylic acids is 1. The molecule has 1 saturated heterocycles. The molecule has 0 spiro atoms. The number of amides is 1. The molecule has 4 nitrogen and oxygen atoms in total. The Hall–Kier alpha value is -0.610. The zero-order chi connectivity index (χ0) is 12.0. The molecule has 2 atom stereocenters. The third-order valence-corrected chi connectivity index (χ3v) is 3.33. The van der Waals surface area contributed by atoms with Gasteiger partial charge in [-0.25, -0.2) is 0 Å². The molecule has 0 bridgehead atoms. The summed E-state index contributed by atoms with van der Waals surface area (Å²) in [5.41, 5.74) is 5.51. The van der Waals surface area contributed by atoms with Gasteiger partial charge < -0.3 is 15.4 Å². The van der Waals surface area contributed by atoms with Gasteiger partial charge in [0.05, 0.1) is 12.5 Å². The van der Waals surface area contributed by atoms with E-state index in [1.807, 2.05) is 4.90 Å². The van der Waals surface area contributed by atoms with E-state index >= 15 is 0 Å². The summed E-state index contributed by atoms with van der Waals surface area (Å²) in [7, 11) is 1.61. The second-order valence-corrected chi connectivity index (χ2v) is 4.58. The van der Waals surface area contributed by atoms with Crippen molar-refractivity contribution in [2.75, 3.05) is 26.7 Å². The largest absolute Gasteiger partial charge is 0.380 e. The van der Waals surface area contributed by atoms with Crippen LogP contribution in [0.4, 0.5) is 0 Å². The maximum Gasteiger partial charge on any atom is 0.225 e. The highest BCUT2D eigenvalue weighted by Crippen LogP contribution is 2.21. The average Bonchev–Trinajstić information content (AvgIpc) is 2.74. The van der Waals surface area contributed by atoms with Crippen molar-refractivity contribution in [1.82, 2.24) is 4.90 Å². The van der Waals surface area contributed by atoms with E-state index < -0.39 is 0 Å². The maximum absolute atomic E-state index is 11.9. The van der Waals surface area contributed by atoms with Gasteiger partial charge in [0.2, 0.25) is 5.91 Å². The number of hydrogen-bond acceptors (Lipinski definition) is 3. The molecule has 1 fully saturated rings. The van der Waals surface area contributed by atoms with E-state index in [0.29, 0.717) is 18.9 Å². The number of hydrogen-bond donors (Lipinski definition) is 1. The quantitative estimate of drug-likeness (QED) is 0.738. The van der Waals surface area contributed by atoms with Crippen LogP contribution in [0.25, 0.3) is 0 Å². The van der Waals surface area contributed by atoms with E-state index in [-0.39, 0.29) is 12.0 Å². The summed E-state index contributed by atoms with van der Waals surface area (Å²) in [4.78, 5) is 13.9. The van der Waals surface area contributed by atoms with Crippen molar-refractivity contribution in [3.63, 3.8) is 0 Å². The fourth-order valence-electron chi connectivity index (χ4n) is 2.29. The lowest BCUT2D eigenvalue weighted by atomic mass is 10.0. The Bertz CT molecular complexity index is 217. The minimum absolute atomic E-state index is 0.127. The smallest absolute Gasteiger partial charge is 0.225 e. The molecule has 0 aromatic carbocycles. The van der Waals surface area contributed by atoms with Gasteiger partial charge in [0.15, 0.2) is 0 Å². The molecular weight excluding hydrogens is 204 g/mol. The lowest BCUT2D eigenvalue weighted by molar-refractivity contribution is -0.132. The summed E-state index contributed by atoms with van der Waals surface area (Å²) < 4.78 is 5.13. The number of carbonyl (C=O) groups is 1. The van der Waals surface area contributed by atoms with Crippen molar-refractivity contribution >= 4 is 5.91 Å². The first kappa shape index (κ1) is 13.5. The molecule has 2 N–H and O–H groups in total. The fourth-order valence-corrected chi connectivity index (χ4v) is 2.29. The van der Waals surface area contributed by atoms with Crippen LogP contribution in [0.5, 0.6) is 0 Å². The minimum Gasteiger partial charge on any atom is -0.380 e. The molecule has 0 aromatic heterocycles. The van der Waals surface area contributed by atoms with Gasteiger partial charge in [0.1, 0.15) is 0 Å². The van der Waals surface area contributed by atoms with E-state index in [1.54, 1.807) is 7.11 Å². The number of nitrogens with zero attached hydrogens (tertiary/aromatic N) is 1. The Balaban J connectivity index is 2.33. The van der Waals surface area contributed by atoms with Crippen LogP contribution in [0.2, 0.25) is 0 Å². The number of methoxy groups -OCH3 is 1. The third kappa shape index (κ3) is 3.76. The summed E-state index contributed by atoms with van der Waals surface area (Å²) in [5, 5.41) is 0. The number of ether oxygens (including phenoxy) is 1. The molecule has 1 heterocycles. The number of nitrogens with two attached hydrogens (primary N) is 1. The molecule has 0 aliphatic carbocycles. The second-order valence-electron chi connectivity index (χ2n) is 4.58. The topological polar surface area (TPSA) is 55.6 Å². The van der Waals surface area contributed by atoms with Crippen LogP contribution in [0, 0.1) is 5.92 Å². The van der Waals surface area contributed by atoms with Crippen LogP contribution in [-0.2, 0) is 9.53 Å². The van der Waals surface area contributed by atoms with Gasteiger partial charge in [0.25, 0.3) is 0 Å². The zero-order valence-electron chi connectivity index (χ0n) is 10.4. The molecular formula is C12H24N2O2. The molecule has 4 heteroatoms. The van der Waals surface area contributed by atoms with Gasteiger partial charge in [-0.2, -0.15) is 0 Å². The van der Waals surface area contributed by atoms with E-state index in [4.69, 9.17) is 10.5 Å². The Morgan fingerprint density at radius 2 is 2.38 bits per heavy atom. The van der Waals surface area contributed by atoms with E-state index in [9.17, 15) is 4.79 Å². The van der Waals surface area contributed by atoms with Gasteiger partial charge in [-0.3, -0.25) is 4.79 Å². The lowest BCUT2D eigenvalue weighted by Gasteiger charge is -2.19. The molecule has 1 rings (SSSR count). The minimum atomic E-state index is -0.127. The first-order valence-corrected chi connectivity index (χ1v) is 6.21. The molecule has 94 valence electrons. The van der Waals surface area contributed by atoms with Gasteiger partial charge in [-0.05, 0) is 18.8 Å². The lowest BCUT2D eigenvalue weighted by Crippen LogP contribution is -2.34. The van der Waals surface area contributed by atoms with Crippen LogP contribution >= 0.6 is 0 Å². The summed E-state index contributed by atoms with van der Waals surface area (Å²) in [6, 6.07) is 0. The highest BCUT2D eigenvalue weighted by atomic mass is 16.5. The Kier molecular flexibility index (Phi) is 5.77.